The lowest BCUT2D eigenvalue weighted by Crippen LogP contribution is -2.27. The maximum atomic E-state index is 5.88. The minimum Gasteiger partial charge on any atom is -0.493 e. The second-order valence-corrected chi connectivity index (χ2v) is 5.12. The largest absolute Gasteiger partial charge is 0.493 e. The highest BCUT2D eigenvalue weighted by molar-refractivity contribution is 5.21. The lowest BCUT2D eigenvalue weighted by Gasteiger charge is -2.32. The molecule has 1 aromatic carbocycles. The Bertz CT molecular complexity index is 557. The van der Waals surface area contributed by atoms with Gasteiger partial charge >= 0.3 is 0 Å². The Labute approximate surface area is 118 Å². The zero-order valence-corrected chi connectivity index (χ0v) is 11.3. The molecule has 0 radical (unpaired) electrons. The first-order valence-electron chi connectivity index (χ1n) is 6.95. The SMILES string of the molecule is Nc1ncnc(C(COc2ccccc2)C2CCC2)n1. The van der Waals surface area contributed by atoms with Crippen molar-refractivity contribution in [1.82, 2.24) is 15.0 Å². The molecule has 1 aromatic heterocycles. The Balaban J connectivity index is 1.73. The molecule has 2 aromatic rings. The third-order valence-corrected chi connectivity index (χ3v) is 3.83. The molecule has 3 rings (SSSR count). The van der Waals surface area contributed by atoms with E-state index in [1.165, 1.54) is 25.6 Å². The first-order valence-corrected chi connectivity index (χ1v) is 6.95. The van der Waals surface area contributed by atoms with Crippen LogP contribution in [0, 0.1) is 5.92 Å². The first kappa shape index (κ1) is 12.8. The number of nitrogens with zero attached hydrogens (tertiary/aromatic N) is 3. The summed E-state index contributed by atoms with van der Waals surface area (Å²) in [6, 6.07) is 9.82. The van der Waals surface area contributed by atoms with Crippen molar-refractivity contribution in [3.05, 3.63) is 42.5 Å². The minimum absolute atomic E-state index is 0.189. The van der Waals surface area contributed by atoms with Crippen LogP contribution in [-0.2, 0) is 0 Å². The summed E-state index contributed by atoms with van der Waals surface area (Å²) in [5.74, 6) is 2.67. The van der Waals surface area contributed by atoms with Crippen LogP contribution in [0.3, 0.4) is 0 Å². The highest BCUT2D eigenvalue weighted by atomic mass is 16.5. The highest BCUT2D eigenvalue weighted by Gasteiger charge is 2.31. The average Bonchev–Trinajstić information content (AvgIpc) is 2.42. The molecule has 1 fully saturated rings. The monoisotopic (exact) mass is 270 g/mol. The van der Waals surface area contributed by atoms with Crippen molar-refractivity contribution in [2.75, 3.05) is 12.3 Å². The van der Waals surface area contributed by atoms with Gasteiger partial charge in [-0.1, -0.05) is 24.6 Å². The number of ether oxygens (including phenoxy) is 1. The molecule has 1 aliphatic rings. The maximum absolute atomic E-state index is 5.88. The number of para-hydroxylation sites is 1. The van der Waals surface area contributed by atoms with Crippen LogP contribution in [0.5, 0.6) is 5.75 Å². The Morgan fingerprint density at radius 2 is 2.00 bits per heavy atom. The van der Waals surface area contributed by atoms with Gasteiger partial charge in [0.25, 0.3) is 0 Å². The number of hydrogen-bond acceptors (Lipinski definition) is 5. The second-order valence-electron chi connectivity index (χ2n) is 5.12. The molecule has 104 valence electrons. The average molecular weight is 270 g/mol. The molecule has 5 heteroatoms. The summed E-state index contributed by atoms with van der Waals surface area (Å²) in [7, 11) is 0. The van der Waals surface area contributed by atoms with E-state index in [1.807, 2.05) is 30.3 Å². The molecule has 0 saturated heterocycles. The molecule has 0 aliphatic heterocycles. The van der Waals surface area contributed by atoms with E-state index < -0.39 is 0 Å². The fraction of sp³-hybridized carbons (Fsp3) is 0.400. The van der Waals surface area contributed by atoms with Crippen molar-refractivity contribution >= 4 is 5.95 Å². The topological polar surface area (TPSA) is 73.9 Å². The third kappa shape index (κ3) is 2.87. The summed E-state index contributed by atoms with van der Waals surface area (Å²) in [6.45, 7) is 0.581. The Morgan fingerprint density at radius 3 is 2.65 bits per heavy atom. The Hall–Kier alpha value is -2.17. The van der Waals surface area contributed by atoms with Crippen molar-refractivity contribution in [2.24, 2.45) is 5.92 Å². The minimum atomic E-state index is 0.189. The molecule has 1 heterocycles. The molecule has 2 N–H and O–H groups in total. The highest BCUT2D eigenvalue weighted by Crippen LogP contribution is 2.38. The summed E-state index contributed by atoms with van der Waals surface area (Å²) >= 11 is 0. The summed E-state index contributed by atoms with van der Waals surface area (Å²) in [5, 5.41) is 0. The van der Waals surface area contributed by atoms with Crippen LogP contribution in [-0.4, -0.2) is 21.6 Å². The van der Waals surface area contributed by atoms with Crippen molar-refractivity contribution < 1.29 is 4.74 Å². The van der Waals surface area contributed by atoms with Gasteiger partial charge in [-0.2, -0.15) is 4.98 Å². The van der Waals surface area contributed by atoms with Gasteiger partial charge in [0.05, 0.1) is 12.5 Å². The van der Waals surface area contributed by atoms with Crippen molar-refractivity contribution in [1.29, 1.82) is 0 Å². The van der Waals surface area contributed by atoms with Gasteiger partial charge in [-0.25, -0.2) is 9.97 Å². The van der Waals surface area contributed by atoms with Gasteiger partial charge in [0.2, 0.25) is 5.95 Å². The van der Waals surface area contributed by atoms with Gasteiger partial charge in [0.15, 0.2) is 0 Å². The lowest BCUT2D eigenvalue weighted by atomic mass is 9.76. The molecular formula is C15H18N4O. The Kier molecular flexibility index (Phi) is 3.76. The fourth-order valence-electron chi connectivity index (χ4n) is 2.47. The molecule has 0 amide bonds. The number of anilines is 1. The zero-order valence-electron chi connectivity index (χ0n) is 11.3. The van der Waals surface area contributed by atoms with Crippen LogP contribution in [0.2, 0.25) is 0 Å². The number of aromatic nitrogens is 3. The Morgan fingerprint density at radius 1 is 1.20 bits per heavy atom. The molecular weight excluding hydrogens is 252 g/mol. The molecule has 0 bridgehead atoms. The number of nitrogen functional groups attached to an aromatic ring is 1. The van der Waals surface area contributed by atoms with Crippen LogP contribution < -0.4 is 10.5 Å². The van der Waals surface area contributed by atoms with Gasteiger partial charge in [-0.15, -0.1) is 0 Å². The van der Waals surface area contributed by atoms with Crippen LogP contribution in [0.15, 0.2) is 36.7 Å². The number of benzene rings is 1. The van der Waals surface area contributed by atoms with E-state index in [9.17, 15) is 0 Å². The van der Waals surface area contributed by atoms with Gasteiger partial charge in [-0.3, -0.25) is 0 Å². The quantitative estimate of drug-likeness (QED) is 0.903. The number of nitrogens with two attached hydrogens (primary N) is 1. The van der Waals surface area contributed by atoms with E-state index >= 15 is 0 Å². The summed E-state index contributed by atoms with van der Waals surface area (Å²) in [6.07, 6.45) is 5.15. The van der Waals surface area contributed by atoms with Crippen LogP contribution in [0.25, 0.3) is 0 Å². The molecule has 5 nitrogen and oxygen atoms in total. The van der Waals surface area contributed by atoms with Gasteiger partial charge in [0.1, 0.15) is 17.9 Å². The molecule has 1 atom stereocenters. The summed E-state index contributed by atoms with van der Waals surface area (Å²) in [5.41, 5.74) is 5.66. The normalized spacial score (nSPS) is 16.4. The second kappa shape index (κ2) is 5.86. The predicted octanol–water partition coefficient (Wildman–Crippen LogP) is 2.42. The first-order chi connectivity index (χ1) is 9.83. The third-order valence-electron chi connectivity index (χ3n) is 3.83. The van der Waals surface area contributed by atoms with Crippen LogP contribution in [0.4, 0.5) is 5.95 Å². The van der Waals surface area contributed by atoms with Crippen LogP contribution >= 0.6 is 0 Å². The summed E-state index contributed by atoms with van der Waals surface area (Å²) in [4.78, 5) is 12.4. The van der Waals surface area contributed by atoms with Gasteiger partial charge < -0.3 is 10.5 Å². The maximum Gasteiger partial charge on any atom is 0.223 e. The zero-order chi connectivity index (χ0) is 13.8. The van der Waals surface area contributed by atoms with E-state index in [2.05, 4.69) is 15.0 Å². The molecule has 1 saturated carbocycles. The molecule has 0 spiro atoms. The van der Waals surface area contributed by atoms with Gasteiger partial charge in [0, 0.05) is 0 Å². The van der Waals surface area contributed by atoms with Crippen molar-refractivity contribution in [2.45, 2.75) is 25.2 Å². The van der Waals surface area contributed by atoms with E-state index in [0.29, 0.717) is 12.5 Å². The smallest absolute Gasteiger partial charge is 0.223 e. The van der Waals surface area contributed by atoms with Crippen molar-refractivity contribution in [3.63, 3.8) is 0 Å². The molecule has 20 heavy (non-hydrogen) atoms. The van der Waals surface area contributed by atoms with E-state index in [0.717, 1.165) is 11.6 Å². The van der Waals surface area contributed by atoms with E-state index in [4.69, 9.17) is 10.5 Å². The predicted molar refractivity (Wildman–Crippen MR) is 76.3 cm³/mol. The van der Waals surface area contributed by atoms with Gasteiger partial charge in [-0.05, 0) is 30.9 Å². The van der Waals surface area contributed by atoms with E-state index in [-0.39, 0.29) is 11.9 Å². The molecule has 1 aliphatic carbocycles. The molecule has 1 unspecified atom stereocenters. The summed E-state index contributed by atoms with van der Waals surface area (Å²) < 4.78 is 5.88. The van der Waals surface area contributed by atoms with E-state index in [1.54, 1.807) is 0 Å². The number of rotatable bonds is 5. The van der Waals surface area contributed by atoms with Crippen molar-refractivity contribution in [3.8, 4) is 5.75 Å². The number of hydrogen-bond donors (Lipinski definition) is 1. The van der Waals surface area contributed by atoms with Crippen LogP contribution in [0.1, 0.15) is 31.0 Å². The standard InChI is InChI=1S/C15H18N4O/c16-15-18-10-17-14(19-15)13(11-5-4-6-11)9-20-12-7-2-1-3-8-12/h1-3,7-8,10-11,13H,4-6,9H2,(H2,16,17,18,19). The fourth-order valence-corrected chi connectivity index (χ4v) is 2.47. The lowest BCUT2D eigenvalue weighted by molar-refractivity contribution is 0.181.